The smallest absolute Gasteiger partial charge is 0.263 e. The van der Waals surface area contributed by atoms with Crippen LogP contribution in [0.2, 0.25) is 5.02 Å². The van der Waals surface area contributed by atoms with Crippen molar-refractivity contribution in [3.05, 3.63) is 94.5 Å². The van der Waals surface area contributed by atoms with E-state index in [1.165, 1.54) is 43.0 Å². The van der Waals surface area contributed by atoms with Gasteiger partial charge in [-0.15, -0.1) is 0 Å². The first-order valence-electron chi connectivity index (χ1n) is 11.4. The highest BCUT2D eigenvalue weighted by atomic mass is 35.5. The van der Waals surface area contributed by atoms with E-state index in [4.69, 9.17) is 11.6 Å². The van der Waals surface area contributed by atoms with Crippen molar-refractivity contribution in [2.75, 3.05) is 17.8 Å². The molecule has 1 saturated heterocycles. The van der Waals surface area contributed by atoms with Gasteiger partial charge in [0.15, 0.2) is 0 Å². The van der Waals surface area contributed by atoms with Crippen molar-refractivity contribution in [1.29, 1.82) is 0 Å². The number of amides is 1. The van der Waals surface area contributed by atoms with Crippen LogP contribution in [0.1, 0.15) is 40.7 Å². The Hall–Kier alpha value is -2.87. The number of likely N-dealkylation sites (tertiary alicyclic amines) is 1. The fourth-order valence-electron chi connectivity index (χ4n) is 3.99. The summed E-state index contributed by atoms with van der Waals surface area (Å²) in [6.45, 7) is 3.59. The molecule has 1 fully saturated rings. The molecule has 1 aliphatic rings. The predicted molar refractivity (Wildman–Crippen MR) is 135 cm³/mol. The number of hydrogen-bond acceptors (Lipinski definition) is 4. The maximum atomic E-state index is 12.8. The van der Waals surface area contributed by atoms with Gasteiger partial charge in [0.25, 0.3) is 15.9 Å². The Morgan fingerprint density at radius 3 is 2.26 bits per heavy atom. The molecule has 2 N–H and O–H groups in total. The minimum Gasteiger partial charge on any atom is -0.348 e. The van der Waals surface area contributed by atoms with Gasteiger partial charge < -0.3 is 5.32 Å². The molecule has 4 rings (SSSR count). The Morgan fingerprint density at radius 1 is 0.882 bits per heavy atom. The molecule has 0 atom stereocenters. The number of anilines is 1. The first kappa shape index (κ1) is 24.3. The number of hydrogen-bond donors (Lipinski definition) is 2. The molecule has 8 heteroatoms. The minimum absolute atomic E-state index is 0.0456. The Kier molecular flexibility index (Phi) is 7.88. The van der Waals surface area contributed by atoms with Crippen molar-refractivity contribution in [3.8, 4) is 0 Å². The number of nitrogens with zero attached hydrogens (tertiary/aromatic N) is 1. The molecule has 34 heavy (non-hydrogen) atoms. The second-order valence-electron chi connectivity index (χ2n) is 8.45. The summed E-state index contributed by atoms with van der Waals surface area (Å²) in [7, 11) is -3.95. The lowest BCUT2D eigenvalue weighted by Crippen LogP contribution is -2.29. The molecule has 0 radical (unpaired) electrons. The van der Waals surface area contributed by atoms with Crippen molar-refractivity contribution < 1.29 is 13.2 Å². The lowest BCUT2D eigenvalue weighted by molar-refractivity contribution is 0.0950. The van der Waals surface area contributed by atoms with Crippen LogP contribution < -0.4 is 10.0 Å². The number of rotatable bonds is 8. The first-order chi connectivity index (χ1) is 16.4. The van der Waals surface area contributed by atoms with Crippen molar-refractivity contribution in [2.24, 2.45) is 0 Å². The fourth-order valence-corrected chi connectivity index (χ4v) is 5.57. The quantitative estimate of drug-likeness (QED) is 0.456. The van der Waals surface area contributed by atoms with Gasteiger partial charge in [0.05, 0.1) is 5.02 Å². The summed E-state index contributed by atoms with van der Waals surface area (Å²) in [5.74, 6) is -0.370. The van der Waals surface area contributed by atoms with Gasteiger partial charge in [0.2, 0.25) is 0 Å². The third-order valence-electron chi connectivity index (χ3n) is 5.84. The maximum Gasteiger partial charge on any atom is 0.263 e. The number of halogens is 1. The topological polar surface area (TPSA) is 78.5 Å². The summed E-state index contributed by atoms with van der Waals surface area (Å²) in [6.07, 6.45) is 3.85. The largest absolute Gasteiger partial charge is 0.348 e. The summed E-state index contributed by atoms with van der Waals surface area (Å²) >= 11 is 6.15. The number of carbonyl (C=O) groups is 1. The zero-order valence-corrected chi connectivity index (χ0v) is 20.4. The van der Waals surface area contributed by atoms with Crippen LogP contribution in [0.25, 0.3) is 0 Å². The van der Waals surface area contributed by atoms with E-state index in [1.54, 1.807) is 30.3 Å². The number of carbonyl (C=O) groups excluding carboxylic acids is 1. The molecule has 1 heterocycles. The van der Waals surface area contributed by atoms with Gasteiger partial charge in [0.1, 0.15) is 4.90 Å². The number of para-hydroxylation sites is 1. The lowest BCUT2D eigenvalue weighted by atomic mass is 10.1. The van der Waals surface area contributed by atoms with Crippen molar-refractivity contribution >= 4 is 33.2 Å². The highest BCUT2D eigenvalue weighted by Gasteiger charge is 2.20. The molecule has 3 aromatic rings. The van der Waals surface area contributed by atoms with Gasteiger partial charge in [-0.2, -0.15) is 0 Å². The Balaban J connectivity index is 1.38. The number of nitrogens with one attached hydrogen (secondary N) is 2. The SMILES string of the molecule is O=C(NCc1ccc(CN2CCCCC2)cc1)c1ccc(Cl)c(S(=O)(=O)Nc2ccccc2)c1. The van der Waals surface area contributed by atoms with E-state index in [1.807, 2.05) is 12.1 Å². The molecular formula is C26H28ClN3O3S. The first-order valence-corrected chi connectivity index (χ1v) is 13.2. The van der Waals surface area contributed by atoms with Crippen molar-refractivity contribution in [2.45, 2.75) is 37.2 Å². The molecule has 0 spiro atoms. The van der Waals surface area contributed by atoms with Gasteiger partial charge in [-0.3, -0.25) is 14.4 Å². The molecule has 178 valence electrons. The van der Waals surface area contributed by atoms with Gasteiger partial charge in [-0.05, 0) is 67.4 Å². The van der Waals surface area contributed by atoms with E-state index in [0.29, 0.717) is 12.2 Å². The standard InChI is InChI=1S/C26H28ClN3O3S/c27-24-14-13-22(17-25(24)34(32,33)29-23-7-3-1-4-8-23)26(31)28-18-20-9-11-21(12-10-20)19-30-15-5-2-6-16-30/h1,3-4,7-14,17,29H,2,5-6,15-16,18-19H2,(H,28,31). The van der Waals surface area contributed by atoms with Crippen LogP contribution in [0, 0.1) is 0 Å². The third-order valence-corrected chi connectivity index (χ3v) is 7.70. The Morgan fingerprint density at radius 2 is 1.56 bits per heavy atom. The van der Waals surface area contributed by atoms with Gasteiger partial charge in [-0.1, -0.05) is 60.5 Å². The zero-order chi connectivity index (χ0) is 24.0. The van der Waals surface area contributed by atoms with Crippen molar-refractivity contribution in [1.82, 2.24) is 10.2 Å². The Labute approximate surface area is 206 Å². The maximum absolute atomic E-state index is 12.8. The van der Waals surface area contributed by atoms with Gasteiger partial charge in [-0.25, -0.2) is 8.42 Å². The molecule has 3 aromatic carbocycles. The van der Waals surface area contributed by atoms with E-state index >= 15 is 0 Å². The summed E-state index contributed by atoms with van der Waals surface area (Å²) in [5, 5.41) is 2.90. The molecule has 0 saturated carbocycles. The Bertz CT molecular complexity index is 1230. The van der Waals surface area contributed by atoms with Crippen molar-refractivity contribution in [3.63, 3.8) is 0 Å². The summed E-state index contributed by atoms with van der Waals surface area (Å²) in [5.41, 5.74) is 2.87. The van der Waals surface area contributed by atoms with Crippen LogP contribution in [0.15, 0.2) is 77.7 Å². The normalized spacial score (nSPS) is 14.5. The third kappa shape index (κ3) is 6.38. The summed E-state index contributed by atoms with van der Waals surface area (Å²) in [6, 6.07) is 21.0. The second kappa shape index (κ2) is 11.0. The van der Waals surface area contributed by atoms with Crippen LogP contribution in [0.4, 0.5) is 5.69 Å². The fraction of sp³-hybridized carbons (Fsp3) is 0.269. The number of piperidine rings is 1. The molecule has 1 amide bonds. The van der Waals surface area contributed by atoms with Crippen LogP contribution >= 0.6 is 11.6 Å². The average Bonchev–Trinajstić information content (AvgIpc) is 2.84. The summed E-state index contributed by atoms with van der Waals surface area (Å²) in [4.78, 5) is 15.0. The van der Waals surface area contributed by atoms with Crippen LogP contribution in [0.5, 0.6) is 0 Å². The second-order valence-corrected chi connectivity index (χ2v) is 10.5. The van der Waals surface area contributed by atoms with Crippen LogP contribution in [-0.2, 0) is 23.1 Å². The van der Waals surface area contributed by atoms with E-state index in [0.717, 1.165) is 25.2 Å². The molecule has 6 nitrogen and oxygen atoms in total. The van der Waals surface area contributed by atoms with E-state index in [-0.39, 0.29) is 21.4 Å². The molecule has 0 aliphatic carbocycles. The zero-order valence-electron chi connectivity index (χ0n) is 18.8. The summed E-state index contributed by atoms with van der Waals surface area (Å²) < 4.78 is 28.1. The molecule has 0 aromatic heterocycles. The van der Waals surface area contributed by atoms with Gasteiger partial charge >= 0.3 is 0 Å². The van der Waals surface area contributed by atoms with E-state index < -0.39 is 10.0 Å². The predicted octanol–water partition coefficient (Wildman–Crippen LogP) is 5.06. The molecule has 0 unspecified atom stereocenters. The average molecular weight is 498 g/mol. The molecule has 1 aliphatic heterocycles. The molecule has 0 bridgehead atoms. The van der Waals surface area contributed by atoms with Crippen LogP contribution in [0.3, 0.4) is 0 Å². The lowest BCUT2D eigenvalue weighted by Gasteiger charge is -2.26. The number of sulfonamides is 1. The van der Waals surface area contributed by atoms with E-state index in [2.05, 4.69) is 27.1 Å². The number of benzene rings is 3. The monoisotopic (exact) mass is 497 g/mol. The highest BCUT2D eigenvalue weighted by Crippen LogP contribution is 2.25. The van der Waals surface area contributed by atoms with E-state index in [9.17, 15) is 13.2 Å². The minimum atomic E-state index is -3.95. The van der Waals surface area contributed by atoms with Crippen LogP contribution in [-0.4, -0.2) is 32.3 Å². The van der Waals surface area contributed by atoms with Gasteiger partial charge in [0, 0.05) is 24.3 Å². The highest BCUT2D eigenvalue weighted by molar-refractivity contribution is 7.92. The molecular weight excluding hydrogens is 470 g/mol.